The predicted molar refractivity (Wildman–Crippen MR) is 37.5 cm³/mol. The van der Waals surface area contributed by atoms with E-state index in [1.165, 1.54) is 0 Å². The van der Waals surface area contributed by atoms with Crippen LogP contribution in [0.3, 0.4) is 0 Å². The Morgan fingerprint density at radius 2 is 2.10 bits per heavy atom. The standard InChI is InChI=1S/C6H14N2O2/c7-4-3-8-2-1-5(9)6(4)10/h4-6,8-10H,1-3,7H2. The summed E-state index contributed by atoms with van der Waals surface area (Å²) in [5.74, 6) is 0. The van der Waals surface area contributed by atoms with Crippen molar-refractivity contribution >= 4 is 0 Å². The van der Waals surface area contributed by atoms with Crippen molar-refractivity contribution in [2.24, 2.45) is 5.73 Å². The molecule has 1 heterocycles. The fourth-order valence-electron chi connectivity index (χ4n) is 1.10. The molecule has 4 heteroatoms. The zero-order valence-corrected chi connectivity index (χ0v) is 5.83. The highest BCUT2D eigenvalue weighted by Gasteiger charge is 2.25. The second kappa shape index (κ2) is 3.30. The topological polar surface area (TPSA) is 78.5 Å². The number of nitrogens with one attached hydrogen (secondary N) is 1. The van der Waals surface area contributed by atoms with E-state index in [0.717, 1.165) is 6.54 Å². The summed E-state index contributed by atoms with van der Waals surface area (Å²) < 4.78 is 0. The summed E-state index contributed by atoms with van der Waals surface area (Å²) in [7, 11) is 0. The molecular weight excluding hydrogens is 132 g/mol. The zero-order valence-electron chi connectivity index (χ0n) is 5.83. The van der Waals surface area contributed by atoms with Gasteiger partial charge in [-0.2, -0.15) is 0 Å². The van der Waals surface area contributed by atoms with E-state index < -0.39 is 12.2 Å². The van der Waals surface area contributed by atoms with E-state index in [-0.39, 0.29) is 6.04 Å². The quantitative estimate of drug-likeness (QED) is 0.319. The first-order valence-electron chi connectivity index (χ1n) is 3.54. The van der Waals surface area contributed by atoms with Gasteiger partial charge in [-0.1, -0.05) is 0 Å². The Balaban J connectivity index is 2.46. The van der Waals surface area contributed by atoms with Crippen molar-refractivity contribution in [3.8, 4) is 0 Å². The number of nitrogens with two attached hydrogens (primary N) is 1. The van der Waals surface area contributed by atoms with Gasteiger partial charge in [0.1, 0.15) is 0 Å². The molecule has 0 aromatic carbocycles. The lowest BCUT2D eigenvalue weighted by Gasteiger charge is -2.18. The van der Waals surface area contributed by atoms with E-state index in [4.69, 9.17) is 10.8 Å². The van der Waals surface area contributed by atoms with Crippen molar-refractivity contribution < 1.29 is 10.2 Å². The summed E-state index contributed by atoms with van der Waals surface area (Å²) in [6.07, 6.45) is -0.852. The third-order valence-corrected chi connectivity index (χ3v) is 1.83. The second-order valence-corrected chi connectivity index (χ2v) is 2.71. The molecule has 0 bridgehead atoms. The van der Waals surface area contributed by atoms with Crippen LogP contribution in [0.2, 0.25) is 0 Å². The summed E-state index contributed by atoms with van der Waals surface area (Å²) in [6.45, 7) is 1.31. The number of aliphatic hydroxyl groups is 2. The fraction of sp³-hybridized carbons (Fsp3) is 1.00. The van der Waals surface area contributed by atoms with E-state index in [9.17, 15) is 5.11 Å². The number of hydrogen-bond acceptors (Lipinski definition) is 4. The Morgan fingerprint density at radius 3 is 2.80 bits per heavy atom. The van der Waals surface area contributed by atoms with Crippen molar-refractivity contribution in [1.29, 1.82) is 0 Å². The van der Waals surface area contributed by atoms with Crippen LogP contribution in [0.4, 0.5) is 0 Å². The maximum Gasteiger partial charge on any atom is 0.0962 e. The molecule has 10 heavy (non-hydrogen) atoms. The minimum absolute atomic E-state index is 0.336. The molecule has 0 radical (unpaired) electrons. The Labute approximate surface area is 60.0 Å². The predicted octanol–water partition coefficient (Wildman–Crippen LogP) is -1.97. The van der Waals surface area contributed by atoms with Crippen LogP contribution in [-0.2, 0) is 0 Å². The molecule has 0 aliphatic carbocycles. The monoisotopic (exact) mass is 146 g/mol. The molecule has 0 aromatic rings. The lowest BCUT2D eigenvalue weighted by Crippen LogP contribution is -2.45. The normalized spacial score (nSPS) is 42.9. The van der Waals surface area contributed by atoms with E-state index in [1.54, 1.807) is 0 Å². The van der Waals surface area contributed by atoms with Gasteiger partial charge >= 0.3 is 0 Å². The molecule has 1 saturated heterocycles. The Bertz CT molecular complexity index is 97.9. The van der Waals surface area contributed by atoms with Crippen LogP contribution < -0.4 is 11.1 Å². The highest BCUT2D eigenvalue weighted by Crippen LogP contribution is 2.04. The van der Waals surface area contributed by atoms with Gasteiger partial charge in [0.15, 0.2) is 0 Å². The Kier molecular flexibility index (Phi) is 2.62. The van der Waals surface area contributed by atoms with E-state index in [0.29, 0.717) is 13.0 Å². The lowest BCUT2D eigenvalue weighted by molar-refractivity contribution is 0.00901. The first kappa shape index (κ1) is 7.94. The van der Waals surface area contributed by atoms with Crippen molar-refractivity contribution in [3.63, 3.8) is 0 Å². The van der Waals surface area contributed by atoms with Crippen LogP contribution in [0.5, 0.6) is 0 Å². The molecule has 0 aromatic heterocycles. The summed E-state index contributed by atoms with van der Waals surface area (Å²) in [4.78, 5) is 0. The lowest BCUT2D eigenvalue weighted by atomic mass is 10.1. The molecule has 3 unspecified atom stereocenters. The van der Waals surface area contributed by atoms with Crippen molar-refractivity contribution in [2.75, 3.05) is 13.1 Å². The van der Waals surface area contributed by atoms with Crippen LogP contribution in [-0.4, -0.2) is 41.6 Å². The average molecular weight is 146 g/mol. The number of hydrogen-bond donors (Lipinski definition) is 4. The van der Waals surface area contributed by atoms with Crippen LogP contribution in [0.15, 0.2) is 0 Å². The van der Waals surface area contributed by atoms with Gasteiger partial charge in [0, 0.05) is 12.6 Å². The molecule has 60 valence electrons. The fourth-order valence-corrected chi connectivity index (χ4v) is 1.10. The summed E-state index contributed by atoms with van der Waals surface area (Å²) in [6, 6.07) is -0.336. The van der Waals surface area contributed by atoms with E-state index >= 15 is 0 Å². The molecule has 0 saturated carbocycles. The highest BCUT2D eigenvalue weighted by molar-refractivity contribution is 4.83. The first-order valence-corrected chi connectivity index (χ1v) is 3.54. The van der Waals surface area contributed by atoms with Crippen LogP contribution in [0.25, 0.3) is 0 Å². The largest absolute Gasteiger partial charge is 0.390 e. The molecule has 0 spiro atoms. The van der Waals surface area contributed by atoms with Gasteiger partial charge in [-0.05, 0) is 13.0 Å². The molecule has 1 fully saturated rings. The maximum absolute atomic E-state index is 9.21. The van der Waals surface area contributed by atoms with Crippen molar-refractivity contribution in [1.82, 2.24) is 5.32 Å². The van der Waals surface area contributed by atoms with Gasteiger partial charge in [0.25, 0.3) is 0 Å². The van der Waals surface area contributed by atoms with Crippen LogP contribution >= 0.6 is 0 Å². The minimum atomic E-state index is -0.769. The smallest absolute Gasteiger partial charge is 0.0962 e. The van der Waals surface area contributed by atoms with Gasteiger partial charge in [-0.3, -0.25) is 0 Å². The van der Waals surface area contributed by atoms with Crippen LogP contribution in [0.1, 0.15) is 6.42 Å². The first-order chi connectivity index (χ1) is 4.72. The van der Waals surface area contributed by atoms with Gasteiger partial charge in [-0.25, -0.2) is 0 Å². The third-order valence-electron chi connectivity index (χ3n) is 1.83. The summed E-state index contributed by atoms with van der Waals surface area (Å²) in [5.41, 5.74) is 5.50. The van der Waals surface area contributed by atoms with Gasteiger partial charge < -0.3 is 21.3 Å². The molecule has 1 aliphatic rings. The minimum Gasteiger partial charge on any atom is -0.390 e. The number of rotatable bonds is 0. The highest BCUT2D eigenvalue weighted by atomic mass is 16.3. The summed E-state index contributed by atoms with van der Waals surface area (Å²) >= 11 is 0. The zero-order chi connectivity index (χ0) is 7.56. The van der Waals surface area contributed by atoms with Gasteiger partial charge in [0.05, 0.1) is 12.2 Å². The molecule has 4 nitrogen and oxygen atoms in total. The molecule has 3 atom stereocenters. The second-order valence-electron chi connectivity index (χ2n) is 2.71. The van der Waals surface area contributed by atoms with E-state index in [2.05, 4.69) is 5.32 Å². The molecule has 5 N–H and O–H groups in total. The molecular formula is C6H14N2O2. The van der Waals surface area contributed by atoms with Crippen molar-refractivity contribution in [2.45, 2.75) is 24.7 Å². The SMILES string of the molecule is NC1CNCCC(O)C1O. The number of aliphatic hydroxyl groups excluding tert-OH is 2. The average Bonchev–Trinajstić information content (AvgIpc) is 2.04. The van der Waals surface area contributed by atoms with Crippen molar-refractivity contribution in [3.05, 3.63) is 0 Å². The van der Waals surface area contributed by atoms with Crippen LogP contribution in [0, 0.1) is 0 Å². The van der Waals surface area contributed by atoms with E-state index in [1.807, 2.05) is 0 Å². The van der Waals surface area contributed by atoms with Gasteiger partial charge in [0.2, 0.25) is 0 Å². The maximum atomic E-state index is 9.21. The molecule has 1 rings (SSSR count). The molecule has 1 aliphatic heterocycles. The summed E-state index contributed by atoms with van der Waals surface area (Å²) in [5, 5.41) is 21.4. The van der Waals surface area contributed by atoms with Gasteiger partial charge in [-0.15, -0.1) is 0 Å². The Hall–Kier alpha value is -0.160. The molecule has 0 amide bonds. The Morgan fingerprint density at radius 1 is 1.40 bits per heavy atom. The third kappa shape index (κ3) is 1.67.